The predicted octanol–water partition coefficient (Wildman–Crippen LogP) is 1.01. The van der Waals surface area contributed by atoms with Gasteiger partial charge in [0, 0.05) is 20.1 Å². The highest BCUT2D eigenvalue weighted by atomic mass is 35.5. The molecule has 1 saturated heterocycles. The molecule has 2 heterocycles. The normalized spacial score (nSPS) is 19.9. The van der Waals surface area contributed by atoms with Gasteiger partial charge in [-0.2, -0.15) is 5.10 Å². The van der Waals surface area contributed by atoms with Crippen LogP contribution in [0.25, 0.3) is 0 Å². The van der Waals surface area contributed by atoms with Crippen molar-refractivity contribution in [3.05, 3.63) is 16.9 Å². The molecule has 1 aliphatic heterocycles. The zero-order chi connectivity index (χ0) is 13.3. The second kappa shape index (κ2) is 4.97. The standard InChI is InChI=1S/C11H14ClN3O3/c1-14-9(12)8(5-13-14)10(16)15-4-2-3-7(6-15)11(17)18/h5,7H,2-4,6H2,1H3,(H,17,18). The fourth-order valence-electron chi connectivity index (χ4n) is 2.10. The number of carbonyl (C=O) groups is 2. The van der Waals surface area contributed by atoms with Gasteiger partial charge in [0.2, 0.25) is 0 Å². The van der Waals surface area contributed by atoms with Crippen molar-refractivity contribution < 1.29 is 14.7 Å². The Hall–Kier alpha value is -1.56. The molecule has 1 atom stereocenters. The van der Waals surface area contributed by atoms with Gasteiger partial charge in [0.1, 0.15) is 5.15 Å². The van der Waals surface area contributed by atoms with E-state index in [1.807, 2.05) is 0 Å². The van der Waals surface area contributed by atoms with E-state index in [0.29, 0.717) is 24.9 Å². The summed E-state index contributed by atoms with van der Waals surface area (Å²) in [6.45, 7) is 0.799. The van der Waals surface area contributed by atoms with Crippen molar-refractivity contribution in [2.45, 2.75) is 12.8 Å². The van der Waals surface area contributed by atoms with E-state index < -0.39 is 11.9 Å². The van der Waals surface area contributed by atoms with Crippen molar-refractivity contribution in [2.24, 2.45) is 13.0 Å². The molecule has 0 saturated carbocycles. The number of carboxylic acid groups (broad SMARTS) is 1. The molecule has 18 heavy (non-hydrogen) atoms. The fourth-order valence-corrected chi connectivity index (χ4v) is 2.27. The fraction of sp³-hybridized carbons (Fsp3) is 0.545. The topological polar surface area (TPSA) is 75.4 Å². The average Bonchev–Trinajstić information content (AvgIpc) is 2.69. The number of amides is 1. The number of halogens is 1. The van der Waals surface area contributed by atoms with Gasteiger partial charge in [-0.05, 0) is 12.8 Å². The second-order valence-electron chi connectivity index (χ2n) is 4.40. The van der Waals surface area contributed by atoms with Crippen LogP contribution in [-0.2, 0) is 11.8 Å². The molecule has 1 aromatic rings. The number of nitrogens with zero attached hydrogens (tertiary/aromatic N) is 3. The van der Waals surface area contributed by atoms with E-state index in [4.69, 9.17) is 16.7 Å². The van der Waals surface area contributed by atoms with Crippen LogP contribution in [0.3, 0.4) is 0 Å². The number of likely N-dealkylation sites (tertiary alicyclic amines) is 1. The Morgan fingerprint density at radius 1 is 1.56 bits per heavy atom. The summed E-state index contributed by atoms with van der Waals surface area (Å²) in [5.74, 6) is -1.60. The monoisotopic (exact) mass is 271 g/mol. The predicted molar refractivity (Wildman–Crippen MR) is 64.5 cm³/mol. The van der Waals surface area contributed by atoms with Gasteiger partial charge in [-0.25, -0.2) is 0 Å². The molecule has 6 nitrogen and oxygen atoms in total. The third-order valence-corrected chi connectivity index (χ3v) is 3.60. The van der Waals surface area contributed by atoms with E-state index in [1.165, 1.54) is 15.8 Å². The van der Waals surface area contributed by atoms with Gasteiger partial charge in [0.15, 0.2) is 0 Å². The molecular weight excluding hydrogens is 258 g/mol. The van der Waals surface area contributed by atoms with Crippen molar-refractivity contribution in [3.63, 3.8) is 0 Å². The molecule has 7 heteroatoms. The number of aliphatic carboxylic acids is 1. The lowest BCUT2D eigenvalue weighted by Crippen LogP contribution is -2.42. The first kappa shape index (κ1) is 12.9. The Kier molecular flexibility index (Phi) is 3.56. The summed E-state index contributed by atoms with van der Waals surface area (Å²) in [5.41, 5.74) is 0.324. The molecular formula is C11H14ClN3O3. The first-order chi connectivity index (χ1) is 8.50. The summed E-state index contributed by atoms with van der Waals surface area (Å²) in [7, 11) is 1.65. The summed E-state index contributed by atoms with van der Waals surface area (Å²) in [6, 6.07) is 0. The molecule has 1 aliphatic rings. The Balaban J connectivity index is 2.14. The SMILES string of the molecule is Cn1ncc(C(=O)N2CCCC(C(=O)O)C2)c1Cl. The Bertz CT molecular complexity index is 486. The van der Waals surface area contributed by atoms with Crippen LogP contribution in [0.1, 0.15) is 23.2 Å². The third kappa shape index (κ3) is 2.33. The lowest BCUT2D eigenvalue weighted by molar-refractivity contribution is -0.143. The number of aromatic nitrogens is 2. The van der Waals surface area contributed by atoms with Crippen LogP contribution in [0.15, 0.2) is 6.20 Å². The number of piperidine rings is 1. The zero-order valence-corrected chi connectivity index (χ0v) is 10.7. The van der Waals surface area contributed by atoms with Crippen LogP contribution in [0.5, 0.6) is 0 Å². The van der Waals surface area contributed by atoms with Crippen molar-refractivity contribution in [2.75, 3.05) is 13.1 Å². The summed E-state index contributed by atoms with van der Waals surface area (Å²) < 4.78 is 1.41. The van der Waals surface area contributed by atoms with Crippen molar-refractivity contribution in [3.8, 4) is 0 Å². The first-order valence-electron chi connectivity index (χ1n) is 5.70. The number of carboxylic acids is 1. The van der Waals surface area contributed by atoms with Crippen LogP contribution in [0.4, 0.5) is 0 Å². The van der Waals surface area contributed by atoms with E-state index in [2.05, 4.69) is 5.10 Å². The smallest absolute Gasteiger partial charge is 0.308 e. The molecule has 1 fully saturated rings. The number of carbonyl (C=O) groups excluding carboxylic acids is 1. The summed E-state index contributed by atoms with van der Waals surface area (Å²) in [4.78, 5) is 24.7. The number of hydrogen-bond donors (Lipinski definition) is 1. The minimum atomic E-state index is -0.857. The van der Waals surface area contributed by atoms with Crippen molar-refractivity contribution >= 4 is 23.5 Å². The van der Waals surface area contributed by atoms with Gasteiger partial charge in [-0.3, -0.25) is 14.3 Å². The van der Waals surface area contributed by atoms with Crippen molar-refractivity contribution in [1.29, 1.82) is 0 Å². The highest BCUT2D eigenvalue weighted by Gasteiger charge is 2.30. The maximum absolute atomic E-state index is 12.2. The average molecular weight is 272 g/mol. The van der Waals surface area contributed by atoms with Gasteiger partial charge in [0.05, 0.1) is 17.7 Å². The quantitative estimate of drug-likeness (QED) is 0.871. The lowest BCUT2D eigenvalue weighted by atomic mass is 9.98. The molecule has 0 bridgehead atoms. The molecule has 1 aromatic heterocycles. The number of aryl methyl sites for hydroxylation is 1. The van der Waals surface area contributed by atoms with Gasteiger partial charge in [-0.1, -0.05) is 11.6 Å². The second-order valence-corrected chi connectivity index (χ2v) is 4.76. The molecule has 0 spiro atoms. The number of hydrogen-bond acceptors (Lipinski definition) is 3. The maximum Gasteiger partial charge on any atom is 0.308 e. The molecule has 1 unspecified atom stereocenters. The molecule has 2 rings (SSSR count). The largest absolute Gasteiger partial charge is 0.481 e. The molecule has 1 N–H and O–H groups in total. The van der Waals surface area contributed by atoms with Crippen molar-refractivity contribution in [1.82, 2.24) is 14.7 Å². The lowest BCUT2D eigenvalue weighted by Gasteiger charge is -2.30. The highest BCUT2D eigenvalue weighted by molar-refractivity contribution is 6.32. The van der Waals surface area contributed by atoms with Crippen LogP contribution in [0.2, 0.25) is 5.15 Å². The summed E-state index contributed by atoms with van der Waals surface area (Å²) >= 11 is 5.96. The first-order valence-corrected chi connectivity index (χ1v) is 6.08. The van der Waals surface area contributed by atoms with E-state index in [0.717, 1.165) is 0 Å². The molecule has 98 valence electrons. The molecule has 0 radical (unpaired) electrons. The Labute approximate surface area is 109 Å². The molecule has 0 aliphatic carbocycles. The Morgan fingerprint density at radius 2 is 2.28 bits per heavy atom. The maximum atomic E-state index is 12.2. The van der Waals surface area contributed by atoms with Gasteiger partial charge >= 0.3 is 5.97 Å². The van der Waals surface area contributed by atoms with E-state index in [1.54, 1.807) is 7.05 Å². The van der Waals surface area contributed by atoms with E-state index in [-0.39, 0.29) is 17.6 Å². The minimum Gasteiger partial charge on any atom is -0.481 e. The third-order valence-electron chi connectivity index (χ3n) is 3.15. The van der Waals surface area contributed by atoms with Gasteiger partial charge in [-0.15, -0.1) is 0 Å². The highest BCUT2D eigenvalue weighted by Crippen LogP contribution is 2.21. The van der Waals surface area contributed by atoms with E-state index in [9.17, 15) is 9.59 Å². The molecule has 1 amide bonds. The summed E-state index contributed by atoms with van der Waals surface area (Å²) in [5, 5.41) is 13.2. The van der Waals surface area contributed by atoms with Gasteiger partial charge < -0.3 is 10.0 Å². The zero-order valence-electron chi connectivity index (χ0n) is 9.97. The minimum absolute atomic E-state index is 0.236. The van der Waals surface area contributed by atoms with Crippen LogP contribution in [0, 0.1) is 5.92 Å². The summed E-state index contributed by atoms with van der Waals surface area (Å²) in [6.07, 6.45) is 2.72. The van der Waals surface area contributed by atoms with Crippen LogP contribution in [-0.4, -0.2) is 44.8 Å². The molecule has 0 aromatic carbocycles. The van der Waals surface area contributed by atoms with Crippen LogP contribution >= 0.6 is 11.6 Å². The van der Waals surface area contributed by atoms with Crippen LogP contribution < -0.4 is 0 Å². The Morgan fingerprint density at radius 3 is 2.83 bits per heavy atom. The number of rotatable bonds is 2. The van der Waals surface area contributed by atoms with Gasteiger partial charge in [0.25, 0.3) is 5.91 Å². The van der Waals surface area contributed by atoms with E-state index >= 15 is 0 Å².